The van der Waals surface area contributed by atoms with Crippen LogP contribution in [0.15, 0.2) is 38.3 Å². The Hall–Kier alpha value is -2.03. The first-order chi connectivity index (χ1) is 13.4. The van der Waals surface area contributed by atoms with Crippen molar-refractivity contribution in [3.8, 4) is 11.5 Å². The topological polar surface area (TPSA) is 76.3 Å². The number of thiophene rings is 1. The van der Waals surface area contributed by atoms with Crippen molar-refractivity contribution in [3.63, 3.8) is 0 Å². The lowest BCUT2D eigenvalue weighted by Gasteiger charge is -2.31. The molecule has 0 bridgehead atoms. The van der Waals surface area contributed by atoms with Gasteiger partial charge in [0.15, 0.2) is 0 Å². The Kier molecular flexibility index (Phi) is 5.11. The number of nitrogens with zero attached hydrogens (tertiary/aromatic N) is 3. The van der Waals surface area contributed by atoms with Crippen LogP contribution in [-0.2, 0) is 10.0 Å². The molecule has 1 saturated heterocycles. The van der Waals surface area contributed by atoms with E-state index in [0.717, 1.165) is 35.1 Å². The number of aryl methyl sites for hydroxylation is 3. The molecule has 2 aromatic heterocycles. The fourth-order valence-electron chi connectivity index (χ4n) is 3.97. The van der Waals surface area contributed by atoms with Crippen LogP contribution in [0.5, 0.6) is 0 Å². The maximum Gasteiger partial charge on any atom is 0.248 e. The van der Waals surface area contributed by atoms with Gasteiger partial charge in [0.2, 0.25) is 21.8 Å². The molecule has 1 unspecified atom stereocenters. The van der Waals surface area contributed by atoms with E-state index in [1.165, 1.54) is 0 Å². The molecule has 0 radical (unpaired) electrons. The van der Waals surface area contributed by atoms with Crippen molar-refractivity contribution in [1.29, 1.82) is 0 Å². The Morgan fingerprint density at radius 3 is 2.61 bits per heavy atom. The molecule has 1 fully saturated rings. The van der Waals surface area contributed by atoms with E-state index in [1.807, 2.05) is 49.7 Å². The molecule has 1 aliphatic heterocycles. The summed E-state index contributed by atoms with van der Waals surface area (Å²) in [5, 5.41) is 12.3. The van der Waals surface area contributed by atoms with Crippen LogP contribution in [0.1, 0.15) is 41.3 Å². The van der Waals surface area contributed by atoms with Crippen LogP contribution in [0.4, 0.5) is 0 Å². The van der Waals surface area contributed by atoms with Crippen LogP contribution in [0.3, 0.4) is 0 Å². The fraction of sp³-hybridized carbons (Fsp3) is 0.400. The molecule has 0 aliphatic carbocycles. The van der Waals surface area contributed by atoms with E-state index in [0.29, 0.717) is 29.8 Å². The summed E-state index contributed by atoms with van der Waals surface area (Å²) in [6, 6.07) is 5.78. The van der Waals surface area contributed by atoms with Gasteiger partial charge < -0.3 is 4.42 Å². The van der Waals surface area contributed by atoms with Gasteiger partial charge in [0, 0.05) is 24.0 Å². The lowest BCUT2D eigenvalue weighted by molar-refractivity contribution is 0.286. The highest BCUT2D eigenvalue weighted by atomic mass is 32.2. The minimum Gasteiger partial charge on any atom is -0.420 e. The van der Waals surface area contributed by atoms with Crippen LogP contribution in [-0.4, -0.2) is 36.0 Å². The predicted octanol–water partition coefficient (Wildman–Crippen LogP) is 4.29. The molecule has 1 aliphatic rings. The molecule has 0 spiro atoms. The summed E-state index contributed by atoms with van der Waals surface area (Å²) in [6.45, 7) is 6.57. The van der Waals surface area contributed by atoms with E-state index in [9.17, 15) is 8.42 Å². The minimum absolute atomic E-state index is 0.0885. The van der Waals surface area contributed by atoms with Crippen LogP contribution in [0.2, 0.25) is 0 Å². The third-order valence-corrected chi connectivity index (χ3v) is 8.00. The quantitative estimate of drug-likeness (QED) is 0.633. The number of sulfonamides is 1. The first-order valence-electron chi connectivity index (χ1n) is 9.30. The first kappa shape index (κ1) is 19.3. The van der Waals surface area contributed by atoms with E-state index >= 15 is 0 Å². The molecule has 4 rings (SSSR count). The summed E-state index contributed by atoms with van der Waals surface area (Å²) in [7, 11) is -3.57. The average molecular weight is 418 g/mol. The van der Waals surface area contributed by atoms with E-state index in [-0.39, 0.29) is 5.92 Å². The van der Waals surface area contributed by atoms with E-state index < -0.39 is 10.0 Å². The summed E-state index contributed by atoms with van der Waals surface area (Å²) < 4.78 is 34.2. The van der Waals surface area contributed by atoms with Crippen LogP contribution in [0, 0.1) is 20.8 Å². The van der Waals surface area contributed by atoms with Crippen molar-refractivity contribution in [3.05, 3.63) is 51.5 Å². The number of rotatable bonds is 4. The third kappa shape index (κ3) is 3.52. The van der Waals surface area contributed by atoms with Gasteiger partial charge in [-0.2, -0.15) is 15.6 Å². The monoisotopic (exact) mass is 417 g/mol. The highest BCUT2D eigenvalue weighted by molar-refractivity contribution is 7.89. The van der Waals surface area contributed by atoms with Crippen molar-refractivity contribution < 1.29 is 12.8 Å². The molecule has 6 nitrogen and oxygen atoms in total. The maximum atomic E-state index is 13.4. The summed E-state index contributed by atoms with van der Waals surface area (Å²) in [5.74, 6) is 0.911. The van der Waals surface area contributed by atoms with Gasteiger partial charge in [-0.05, 0) is 56.2 Å². The highest BCUT2D eigenvalue weighted by Gasteiger charge is 2.34. The van der Waals surface area contributed by atoms with Gasteiger partial charge in [-0.15, -0.1) is 10.2 Å². The largest absolute Gasteiger partial charge is 0.420 e. The Morgan fingerprint density at radius 2 is 1.93 bits per heavy atom. The maximum absolute atomic E-state index is 13.4. The van der Waals surface area contributed by atoms with Gasteiger partial charge in [0.05, 0.1) is 10.8 Å². The summed E-state index contributed by atoms with van der Waals surface area (Å²) in [4.78, 5) is 0.420. The van der Waals surface area contributed by atoms with Gasteiger partial charge in [0.1, 0.15) is 0 Å². The van der Waals surface area contributed by atoms with Crippen molar-refractivity contribution in [2.24, 2.45) is 0 Å². The molecule has 3 aromatic rings. The van der Waals surface area contributed by atoms with Gasteiger partial charge in [-0.1, -0.05) is 17.7 Å². The second-order valence-electron chi connectivity index (χ2n) is 7.39. The Balaban J connectivity index is 1.60. The number of hydrogen-bond donors (Lipinski definition) is 0. The molecule has 0 amide bonds. The average Bonchev–Trinajstić information content (AvgIpc) is 3.32. The Morgan fingerprint density at radius 1 is 1.18 bits per heavy atom. The zero-order valence-corrected chi connectivity index (χ0v) is 17.8. The van der Waals surface area contributed by atoms with E-state index in [1.54, 1.807) is 15.6 Å². The zero-order chi connectivity index (χ0) is 19.9. The molecule has 3 heterocycles. The standard InChI is InChI=1S/C20H23N3O3S2/c1-13-9-14(2)18(15(3)10-13)28(24,25)23-7-4-5-16(11-23)19-21-22-20(26-19)17-6-8-27-12-17/h6,8-10,12,16H,4-5,7,11H2,1-3H3. The van der Waals surface area contributed by atoms with Gasteiger partial charge >= 0.3 is 0 Å². The van der Waals surface area contributed by atoms with E-state index in [4.69, 9.17) is 4.42 Å². The van der Waals surface area contributed by atoms with Crippen molar-refractivity contribution in [1.82, 2.24) is 14.5 Å². The van der Waals surface area contributed by atoms with Crippen molar-refractivity contribution in [2.75, 3.05) is 13.1 Å². The lowest BCUT2D eigenvalue weighted by atomic mass is 10.00. The summed E-state index contributed by atoms with van der Waals surface area (Å²) >= 11 is 1.57. The van der Waals surface area contributed by atoms with Crippen LogP contribution < -0.4 is 0 Å². The smallest absolute Gasteiger partial charge is 0.248 e. The predicted molar refractivity (Wildman–Crippen MR) is 109 cm³/mol. The summed E-state index contributed by atoms with van der Waals surface area (Å²) in [5.41, 5.74) is 3.54. The summed E-state index contributed by atoms with van der Waals surface area (Å²) in [6.07, 6.45) is 1.60. The molecule has 0 N–H and O–H groups in total. The van der Waals surface area contributed by atoms with Crippen LogP contribution >= 0.6 is 11.3 Å². The molecule has 0 saturated carbocycles. The van der Waals surface area contributed by atoms with Gasteiger partial charge in [-0.25, -0.2) is 8.42 Å². The van der Waals surface area contributed by atoms with Gasteiger partial charge in [-0.3, -0.25) is 0 Å². The number of aromatic nitrogens is 2. The fourth-order valence-corrected chi connectivity index (χ4v) is 6.53. The SMILES string of the molecule is Cc1cc(C)c(S(=O)(=O)N2CCCC(c3nnc(-c4ccsc4)o3)C2)c(C)c1. The zero-order valence-electron chi connectivity index (χ0n) is 16.2. The normalized spacial score (nSPS) is 18.5. The number of piperidine rings is 1. The highest BCUT2D eigenvalue weighted by Crippen LogP contribution is 2.33. The molecular formula is C20H23N3O3S2. The molecule has 28 heavy (non-hydrogen) atoms. The van der Waals surface area contributed by atoms with Crippen LogP contribution in [0.25, 0.3) is 11.5 Å². The number of hydrogen-bond acceptors (Lipinski definition) is 6. The molecule has 148 valence electrons. The minimum atomic E-state index is -3.57. The van der Waals surface area contributed by atoms with E-state index in [2.05, 4.69) is 10.2 Å². The second kappa shape index (κ2) is 7.42. The molecule has 1 aromatic carbocycles. The third-order valence-electron chi connectivity index (χ3n) is 5.14. The Labute approximate surface area is 169 Å². The lowest BCUT2D eigenvalue weighted by Crippen LogP contribution is -2.39. The first-order valence-corrected chi connectivity index (χ1v) is 11.7. The molecule has 1 atom stereocenters. The molecular weight excluding hydrogens is 394 g/mol. The van der Waals surface area contributed by atoms with Crippen molar-refractivity contribution in [2.45, 2.75) is 44.4 Å². The Bertz CT molecular complexity index is 1060. The molecule has 8 heteroatoms. The second-order valence-corrected chi connectivity index (χ2v) is 10.0. The number of benzene rings is 1. The van der Waals surface area contributed by atoms with Crippen molar-refractivity contribution >= 4 is 21.4 Å². The van der Waals surface area contributed by atoms with Gasteiger partial charge in [0.25, 0.3) is 0 Å².